The van der Waals surface area contributed by atoms with Gasteiger partial charge < -0.3 is 14.8 Å². The summed E-state index contributed by atoms with van der Waals surface area (Å²) < 4.78 is 43.3. The Morgan fingerprint density at radius 2 is 1.66 bits per heavy atom. The third-order valence-corrected chi connectivity index (χ3v) is 6.66. The molecule has 0 saturated carbocycles. The normalized spacial score (nSPS) is 11.2. The number of fused-ring (bicyclic) bond motifs is 1. The Labute approximate surface area is 189 Å². The van der Waals surface area contributed by atoms with E-state index >= 15 is 0 Å². The maximum atomic E-state index is 12.6. The van der Waals surface area contributed by atoms with E-state index in [2.05, 4.69) is 14.4 Å². The van der Waals surface area contributed by atoms with Gasteiger partial charge in [-0.1, -0.05) is 0 Å². The van der Waals surface area contributed by atoms with Crippen molar-refractivity contribution in [1.82, 2.24) is 4.37 Å². The molecule has 8 nitrogen and oxygen atoms in total. The van der Waals surface area contributed by atoms with Gasteiger partial charge in [-0.05, 0) is 78.3 Å². The zero-order chi connectivity index (χ0) is 22.6. The van der Waals surface area contributed by atoms with Crippen LogP contribution in [0.15, 0.2) is 77.8 Å². The van der Waals surface area contributed by atoms with Gasteiger partial charge in [-0.3, -0.25) is 9.52 Å². The minimum absolute atomic E-state index is 0.0720. The van der Waals surface area contributed by atoms with E-state index in [4.69, 9.17) is 9.47 Å². The number of amides is 1. The van der Waals surface area contributed by atoms with E-state index in [0.29, 0.717) is 22.9 Å². The molecule has 0 aliphatic rings. The second kappa shape index (κ2) is 9.25. The standard InChI is InChI=1S/C22H19N3O5S2/c1-29-18-5-2-16(3-6-18)25-32(27,28)20-9-7-19(8-10-20)30-14-22(26)24-17-4-11-21-15(12-17)13-23-31-21/h2-13,25H,14H2,1H3,(H,24,26). The van der Waals surface area contributed by atoms with Crippen LogP contribution in [0.4, 0.5) is 11.4 Å². The second-order valence-electron chi connectivity index (χ2n) is 6.72. The van der Waals surface area contributed by atoms with E-state index in [0.717, 1.165) is 10.1 Å². The number of sulfonamides is 1. The number of ether oxygens (including phenoxy) is 2. The lowest BCUT2D eigenvalue weighted by Crippen LogP contribution is -2.20. The van der Waals surface area contributed by atoms with E-state index in [1.165, 1.54) is 42.9 Å². The summed E-state index contributed by atoms with van der Waals surface area (Å²) >= 11 is 1.39. The van der Waals surface area contributed by atoms with Gasteiger partial charge in [-0.2, -0.15) is 4.37 Å². The average Bonchev–Trinajstić information content (AvgIpc) is 3.26. The Morgan fingerprint density at radius 1 is 0.969 bits per heavy atom. The maximum Gasteiger partial charge on any atom is 0.262 e. The molecule has 3 aromatic carbocycles. The van der Waals surface area contributed by atoms with Gasteiger partial charge >= 0.3 is 0 Å². The minimum atomic E-state index is -3.76. The first-order chi connectivity index (χ1) is 15.4. The van der Waals surface area contributed by atoms with Crippen molar-refractivity contribution in [3.05, 3.63) is 72.9 Å². The molecule has 2 N–H and O–H groups in total. The smallest absolute Gasteiger partial charge is 0.262 e. The first-order valence-electron chi connectivity index (χ1n) is 9.47. The zero-order valence-electron chi connectivity index (χ0n) is 16.9. The largest absolute Gasteiger partial charge is 0.497 e. The molecule has 0 unspecified atom stereocenters. The van der Waals surface area contributed by atoms with E-state index in [-0.39, 0.29) is 17.4 Å². The number of nitrogens with zero attached hydrogens (tertiary/aromatic N) is 1. The lowest BCUT2D eigenvalue weighted by atomic mass is 10.2. The van der Waals surface area contributed by atoms with E-state index in [1.54, 1.807) is 36.5 Å². The molecule has 4 aromatic rings. The molecule has 0 spiro atoms. The van der Waals surface area contributed by atoms with Crippen LogP contribution in [0.5, 0.6) is 11.5 Å². The second-order valence-corrected chi connectivity index (χ2v) is 9.24. The SMILES string of the molecule is COc1ccc(NS(=O)(=O)c2ccc(OCC(=O)Nc3ccc4sncc4c3)cc2)cc1. The maximum absolute atomic E-state index is 12.6. The molecule has 4 rings (SSSR count). The van der Waals surface area contributed by atoms with Crippen molar-refractivity contribution in [2.24, 2.45) is 0 Å². The minimum Gasteiger partial charge on any atom is -0.497 e. The molecule has 0 bridgehead atoms. The van der Waals surface area contributed by atoms with Crippen LogP contribution in [0.25, 0.3) is 10.1 Å². The predicted molar refractivity (Wildman–Crippen MR) is 124 cm³/mol. The van der Waals surface area contributed by atoms with Crippen LogP contribution < -0.4 is 19.5 Å². The summed E-state index contributed by atoms with van der Waals surface area (Å²) in [6.07, 6.45) is 1.74. The number of anilines is 2. The Kier molecular flexibility index (Phi) is 6.24. The topological polar surface area (TPSA) is 107 Å². The number of hydrogen-bond donors (Lipinski definition) is 2. The molecule has 10 heteroatoms. The summed E-state index contributed by atoms with van der Waals surface area (Å²) in [5.41, 5.74) is 1.07. The quantitative estimate of drug-likeness (QED) is 0.402. The van der Waals surface area contributed by atoms with Crippen LogP contribution in [0.1, 0.15) is 0 Å². The van der Waals surface area contributed by atoms with E-state index in [9.17, 15) is 13.2 Å². The van der Waals surface area contributed by atoms with E-state index in [1.807, 2.05) is 12.1 Å². The van der Waals surface area contributed by atoms with Crippen molar-refractivity contribution in [2.45, 2.75) is 4.90 Å². The molecule has 0 fully saturated rings. The summed E-state index contributed by atoms with van der Waals surface area (Å²) in [7, 11) is -2.23. The van der Waals surface area contributed by atoms with Gasteiger partial charge in [0, 0.05) is 23.0 Å². The summed E-state index contributed by atoms with van der Waals surface area (Å²) in [6.45, 7) is -0.212. The molecule has 0 aliphatic heterocycles. The lowest BCUT2D eigenvalue weighted by Gasteiger charge is -2.10. The number of nitrogens with one attached hydrogen (secondary N) is 2. The first-order valence-corrected chi connectivity index (χ1v) is 11.7. The zero-order valence-corrected chi connectivity index (χ0v) is 18.6. The summed E-state index contributed by atoms with van der Waals surface area (Å²) in [5, 5.41) is 3.72. The Hall–Kier alpha value is -3.63. The highest BCUT2D eigenvalue weighted by molar-refractivity contribution is 7.92. The van der Waals surface area contributed by atoms with Gasteiger partial charge in [0.1, 0.15) is 11.5 Å². The van der Waals surface area contributed by atoms with Crippen LogP contribution in [0.3, 0.4) is 0 Å². The molecule has 0 aliphatic carbocycles. The van der Waals surface area contributed by atoms with Crippen LogP contribution >= 0.6 is 11.5 Å². The highest BCUT2D eigenvalue weighted by Crippen LogP contribution is 2.23. The fourth-order valence-corrected chi connectivity index (χ4v) is 4.57. The fraction of sp³-hybridized carbons (Fsp3) is 0.0909. The number of methoxy groups -OCH3 is 1. The van der Waals surface area contributed by atoms with Crippen LogP contribution in [-0.2, 0) is 14.8 Å². The number of hydrogen-bond acceptors (Lipinski definition) is 7. The van der Waals surface area contributed by atoms with Gasteiger partial charge in [-0.25, -0.2) is 8.42 Å². The number of rotatable bonds is 8. The molecule has 0 saturated heterocycles. The molecule has 1 heterocycles. The molecule has 0 atom stereocenters. The number of carbonyl (C=O) groups excluding carboxylic acids is 1. The van der Waals surface area contributed by atoms with Crippen molar-refractivity contribution >= 4 is 48.9 Å². The van der Waals surface area contributed by atoms with Gasteiger partial charge in [0.15, 0.2) is 6.61 Å². The number of carbonyl (C=O) groups is 1. The third-order valence-electron chi connectivity index (χ3n) is 4.48. The van der Waals surface area contributed by atoms with Gasteiger partial charge in [0.25, 0.3) is 15.9 Å². The Morgan fingerprint density at radius 3 is 2.38 bits per heavy atom. The molecule has 0 radical (unpaired) electrons. The average molecular weight is 470 g/mol. The van der Waals surface area contributed by atoms with Crippen LogP contribution in [0, 0.1) is 0 Å². The summed E-state index contributed by atoms with van der Waals surface area (Å²) in [6, 6.07) is 17.9. The monoisotopic (exact) mass is 469 g/mol. The number of aromatic nitrogens is 1. The van der Waals surface area contributed by atoms with Crippen molar-refractivity contribution in [2.75, 3.05) is 23.8 Å². The highest BCUT2D eigenvalue weighted by atomic mass is 32.2. The first kappa shape index (κ1) is 21.6. The van der Waals surface area contributed by atoms with Crippen LogP contribution in [0.2, 0.25) is 0 Å². The summed E-state index contributed by atoms with van der Waals surface area (Å²) in [5.74, 6) is 0.675. The van der Waals surface area contributed by atoms with Crippen molar-refractivity contribution in [3.8, 4) is 11.5 Å². The van der Waals surface area contributed by atoms with Gasteiger partial charge in [-0.15, -0.1) is 0 Å². The fourth-order valence-electron chi connectivity index (χ4n) is 2.88. The van der Waals surface area contributed by atoms with Crippen molar-refractivity contribution < 1.29 is 22.7 Å². The Bertz CT molecular complexity index is 1330. The lowest BCUT2D eigenvalue weighted by molar-refractivity contribution is -0.118. The predicted octanol–water partition coefficient (Wildman–Crippen LogP) is 4.12. The number of benzene rings is 3. The Balaban J connectivity index is 1.33. The van der Waals surface area contributed by atoms with Gasteiger partial charge in [0.2, 0.25) is 0 Å². The van der Waals surface area contributed by atoms with Crippen molar-refractivity contribution in [3.63, 3.8) is 0 Å². The van der Waals surface area contributed by atoms with E-state index < -0.39 is 10.0 Å². The molecular formula is C22H19N3O5S2. The summed E-state index contributed by atoms with van der Waals surface area (Å²) in [4.78, 5) is 12.2. The molecule has 1 amide bonds. The van der Waals surface area contributed by atoms with Crippen molar-refractivity contribution in [1.29, 1.82) is 0 Å². The third kappa shape index (κ3) is 5.16. The van der Waals surface area contributed by atoms with Crippen LogP contribution in [-0.4, -0.2) is 32.4 Å². The van der Waals surface area contributed by atoms with Gasteiger partial charge in [0.05, 0.1) is 16.7 Å². The molecule has 164 valence electrons. The highest BCUT2D eigenvalue weighted by Gasteiger charge is 2.14. The molecule has 1 aromatic heterocycles. The molecular weight excluding hydrogens is 450 g/mol. The molecule has 32 heavy (non-hydrogen) atoms.